The van der Waals surface area contributed by atoms with Crippen LogP contribution in [0, 0.1) is 6.92 Å². The van der Waals surface area contributed by atoms with E-state index in [1.54, 1.807) is 10.4 Å². The normalized spacial score (nSPS) is 24.2. The van der Waals surface area contributed by atoms with Crippen molar-refractivity contribution >= 4 is 49.3 Å². The van der Waals surface area contributed by atoms with Gasteiger partial charge in [0.15, 0.2) is 0 Å². The maximum Gasteiger partial charge on any atom is 0.243 e. The van der Waals surface area contributed by atoms with Crippen molar-refractivity contribution in [2.24, 2.45) is 0 Å². The van der Waals surface area contributed by atoms with Gasteiger partial charge in [-0.1, -0.05) is 22.9 Å². The number of nitrogens with zero attached hydrogens (tertiary/aromatic N) is 1. The van der Waals surface area contributed by atoms with Gasteiger partial charge in [0.25, 0.3) is 0 Å². The maximum atomic E-state index is 13.0. The monoisotopic (exact) mass is 411 g/mol. The van der Waals surface area contributed by atoms with Crippen molar-refractivity contribution in [1.29, 1.82) is 0 Å². The predicted octanol–water partition coefficient (Wildman–Crippen LogP) is 4.01. The van der Waals surface area contributed by atoms with Crippen LogP contribution in [0.15, 0.2) is 21.5 Å². The molecule has 7 heteroatoms. The number of halogens is 2. The second-order valence-electron chi connectivity index (χ2n) is 5.27. The molecule has 118 valence electrons. The van der Waals surface area contributed by atoms with Gasteiger partial charge in [-0.15, -0.1) is 11.6 Å². The average molecular weight is 413 g/mol. The minimum atomic E-state index is -3.50. The van der Waals surface area contributed by atoms with Gasteiger partial charge in [-0.2, -0.15) is 16.1 Å². The summed E-state index contributed by atoms with van der Waals surface area (Å²) in [4.78, 5) is 0.360. The van der Waals surface area contributed by atoms with Crippen molar-refractivity contribution in [3.05, 3.63) is 27.7 Å². The lowest BCUT2D eigenvalue weighted by atomic mass is 10.2. The topological polar surface area (TPSA) is 37.4 Å². The Kier molecular flexibility index (Phi) is 5.69. The summed E-state index contributed by atoms with van der Waals surface area (Å²) in [6.07, 6.45) is 0. The molecule has 2 rings (SSSR count). The third-order valence-corrected chi connectivity index (χ3v) is 8.51. The van der Waals surface area contributed by atoms with Crippen molar-refractivity contribution in [2.45, 2.75) is 42.8 Å². The van der Waals surface area contributed by atoms with Crippen LogP contribution in [0.4, 0.5) is 0 Å². The summed E-state index contributed by atoms with van der Waals surface area (Å²) in [7, 11) is -3.50. The number of hydrogen-bond donors (Lipinski definition) is 0. The van der Waals surface area contributed by atoms with Crippen LogP contribution in [0.5, 0.6) is 0 Å². The van der Waals surface area contributed by atoms with Crippen LogP contribution in [0.3, 0.4) is 0 Å². The van der Waals surface area contributed by atoms with Gasteiger partial charge in [0.2, 0.25) is 10.0 Å². The van der Waals surface area contributed by atoms with E-state index in [2.05, 4.69) is 22.9 Å². The van der Waals surface area contributed by atoms with Crippen LogP contribution in [0.2, 0.25) is 0 Å². The van der Waals surface area contributed by atoms with E-state index in [9.17, 15) is 8.42 Å². The minimum absolute atomic E-state index is 0.00779. The largest absolute Gasteiger partial charge is 0.243 e. The molecular weight excluding hydrogens is 394 g/mol. The molecule has 1 saturated heterocycles. The van der Waals surface area contributed by atoms with Gasteiger partial charge in [0.1, 0.15) is 0 Å². The summed E-state index contributed by atoms with van der Waals surface area (Å²) in [6.45, 7) is 6.43. The lowest BCUT2D eigenvalue weighted by Crippen LogP contribution is -2.47. The highest BCUT2D eigenvalue weighted by atomic mass is 79.9. The molecule has 1 aliphatic heterocycles. The maximum absolute atomic E-state index is 13.0. The molecule has 0 aromatic heterocycles. The molecule has 0 saturated carbocycles. The van der Waals surface area contributed by atoms with Crippen molar-refractivity contribution in [2.75, 3.05) is 12.3 Å². The predicted molar refractivity (Wildman–Crippen MR) is 93.7 cm³/mol. The number of sulfonamides is 1. The zero-order valence-electron chi connectivity index (χ0n) is 12.3. The van der Waals surface area contributed by atoms with Gasteiger partial charge in [-0.3, -0.25) is 0 Å². The molecule has 2 unspecified atom stereocenters. The molecule has 0 amide bonds. The lowest BCUT2D eigenvalue weighted by molar-refractivity contribution is 0.340. The van der Waals surface area contributed by atoms with Crippen molar-refractivity contribution < 1.29 is 8.42 Å². The zero-order valence-corrected chi connectivity index (χ0v) is 16.2. The SMILES string of the molecule is Cc1c(Br)cc(CCl)cc1S(=O)(=O)N1CCSC(C)C1C. The molecule has 1 aromatic rings. The first-order valence-corrected chi connectivity index (χ1v) is 10.6. The zero-order chi connectivity index (χ0) is 15.8. The molecular formula is C14H19BrClNO2S2. The fraction of sp³-hybridized carbons (Fsp3) is 0.571. The van der Waals surface area contributed by atoms with Crippen LogP contribution in [0.25, 0.3) is 0 Å². The molecule has 1 fully saturated rings. The van der Waals surface area contributed by atoms with Gasteiger partial charge in [0.05, 0.1) is 4.90 Å². The Morgan fingerprint density at radius 1 is 1.43 bits per heavy atom. The van der Waals surface area contributed by atoms with Crippen LogP contribution >= 0.6 is 39.3 Å². The Morgan fingerprint density at radius 2 is 2.10 bits per heavy atom. The van der Waals surface area contributed by atoms with E-state index in [4.69, 9.17) is 11.6 Å². The standard InChI is InChI=1S/C14H19BrClNO2S2/c1-9-13(15)6-12(8-16)7-14(9)21(18,19)17-4-5-20-11(3)10(17)2/h6-7,10-11H,4-5,8H2,1-3H3. The first kappa shape index (κ1) is 17.6. The minimum Gasteiger partial charge on any atom is -0.207 e. The highest BCUT2D eigenvalue weighted by Gasteiger charge is 2.36. The van der Waals surface area contributed by atoms with E-state index >= 15 is 0 Å². The summed E-state index contributed by atoms with van der Waals surface area (Å²) in [5.74, 6) is 1.13. The Morgan fingerprint density at radius 3 is 2.71 bits per heavy atom. The quantitative estimate of drug-likeness (QED) is 0.704. The van der Waals surface area contributed by atoms with E-state index in [0.29, 0.717) is 22.6 Å². The third-order valence-electron chi connectivity index (χ3n) is 3.92. The first-order valence-electron chi connectivity index (χ1n) is 6.77. The van der Waals surface area contributed by atoms with E-state index in [0.717, 1.165) is 21.4 Å². The molecule has 1 aromatic carbocycles. The number of benzene rings is 1. The number of rotatable bonds is 3. The molecule has 0 N–H and O–H groups in total. The molecule has 0 aliphatic carbocycles. The van der Waals surface area contributed by atoms with E-state index in [-0.39, 0.29) is 6.04 Å². The fourth-order valence-corrected chi connectivity index (χ4v) is 6.51. The summed E-state index contributed by atoms with van der Waals surface area (Å²) in [5.41, 5.74) is 1.54. The second kappa shape index (κ2) is 6.79. The van der Waals surface area contributed by atoms with Gasteiger partial charge >= 0.3 is 0 Å². The third kappa shape index (κ3) is 3.44. The van der Waals surface area contributed by atoms with Crippen molar-refractivity contribution in [1.82, 2.24) is 4.31 Å². The Balaban J connectivity index is 2.51. The fourth-order valence-electron chi connectivity index (χ4n) is 2.42. The lowest BCUT2D eigenvalue weighted by Gasteiger charge is -2.36. The second-order valence-corrected chi connectivity index (χ2v) is 9.73. The Bertz CT molecular complexity index is 636. The van der Waals surface area contributed by atoms with Crippen LogP contribution in [0.1, 0.15) is 25.0 Å². The molecule has 0 bridgehead atoms. The van der Waals surface area contributed by atoms with Crippen molar-refractivity contribution in [3.8, 4) is 0 Å². The Labute approximate surface area is 144 Å². The number of alkyl halides is 1. The van der Waals surface area contributed by atoms with Crippen LogP contribution < -0.4 is 0 Å². The van der Waals surface area contributed by atoms with Crippen molar-refractivity contribution in [3.63, 3.8) is 0 Å². The van der Waals surface area contributed by atoms with Crippen LogP contribution in [-0.2, 0) is 15.9 Å². The van der Waals surface area contributed by atoms with Gasteiger partial charge in [0, 0.05) is 33.9 Å². The summed E-state index contributed by atoms with van der Waals surface area (Å²) < 4.78 is 28.5. The summed E-state index contributed by atoms with van der Waals surface area (Å²) in [6, 6.07) is 3.56. The number of hydrogen-bond acceptors (Lipinski definition) is 3. The molecule has 0 spiro atoms. The molecule has 1 aliphatic rings. The van der Waals surface area contributed by atoms with Gasteiger partial charge in [-0.05, 0) is 37.1 Å². The van der Waals surface area contributed by atoms with E-state index < -0.39 is 10.0 Å². The van der Waals surface area contributed by atoms with E-state index in [1.165, 1.54) is 0 Å². The average Bonchev–Trinajstić information content (AvgIpc) is 2.44. The molecule has 3 nitrogen and oxygen atoms in total. The highest BCUT2D eigenvalue weighted by Crippen LogP contribution is 2.33. The first-order chi connectivity index (χ1) is 9.78. The molecule has 21 heavy (non-hydrogen) atoms. The smallest absolute Gasteiger partial charge is 0.207 e. The summed E-state index contributed by atoms with van der Waals surface area (Å²) in [5, 5.41) is 0.300. The number of thioether (sulfide) groups is 1. The Hall–Kier alpha value is 0.250. The van der Waals surface area contributed by atoms with E-state index in [1.807, 2.05) is 31.7 Å². The highest BCUT2D eigenvalue weighted by molar-refractivity contribution is 9.10. The molecule has 1 heterocycles. The van der Waals surface area contributed by atoms with Gasteiger partial charge < -0.3 is 0 Å². The van der Waals surface area contributed by atoms with Gasteiger partial charge in [-0.25, -0.2) is 8.42 Å². The summed E-state index contributed by atoms with van der Waals surface area (Å²) >= 11 is 11.1. The molecule has 0 radical (unpaired) electrons. The van der Waals surface area contributed by atoms with Crippen LogP contribution in [-0.4, -0.2) is 36.3 Å². The molecule has 2 atom stereocenters.